The van der Waals surface area contributed by atoms with Crippen molar-refractivity contribution in [3.05, 3.63) is 240 Å². The number of carboxylic acids is 1. The lowest BCUT2D eigenvalue weighted by atomic mass is 10.0. The first-order chi connectivity index (χ1) is 50.1. The van der Waals surface area contributed by atoms with Crippen molar-refractivity contribution in [2.24, 2.45) is 11.8 Å². The quantitative estimate of drug-likeness (QED) is 0.0232. The van der Waals surface area contributed by atoms with Gasteiger partial charge in [0.15, 0.2) is 0 Å². The third-order valence-corrected chi connectivity index (χ3v) is 24.3. The van der Waals surface area contributed by atoms with Crippen LogP contribution in [0.2, 0.25) is 0 Å². The van der Waals surface area contributed by atoms with E-state index >= 15 is 0 Å². The minimum Gasteiger partial charge on any atom is -0.493 e. The van der Waals surface area contributed by atoms with E-state index in [1.165, 1.54) is 93.3 Å². The van der Waals surface area contributed by atoms with Crippen molar-refractivity contribution in [3.63, 3.8) is 0 Å². The van der Waals surface area contributed by atoms with Crippen molar-refractivity contribution < 1.29 is 19.4 Å². The number of nitrogens with zero attached hydrogens (tertiary/aromatic N) is 4. The second-order valence-corrected chi connectivity index (χ2v) is 30.9. The van der Waals surface area contributed by atoms with E-state index in [9.17, 15) is 15.2 Å². The van der Waals surface area contributed by atoms with Gasteiger partial charge in [0.05, 0.1) is 13.2 Å². The molecule has 2 atom stereocenters. The largest absolute Gasteiger partial charge is 0.493 e. The van der Waals surface area contributed by atoms with Crippen molar-refractivity contribution in [3.8, 4) is 57.3 Å². The summed E-state index contributed by atoms with van der Waals surface area (Å²) in [6, 6.07) is 81.2. The molecule has 2 unspecified atom stereocenters. The first-order valence-electron chi connectivity index (χ1n) is 37.2. The zero-order valence-corrected chi connectivity index (χ0v) is 63.5. The van der Waals surface area contributed by atoms with Crippen LogP contribution < -0.4 is 24.2 Å². The SMILES string of the molecule is CCCCCCc1cc(-c2ccc(-c3ccc(-c4cc(CCCCCC)c(-c5ccc(N(c6ccc(N(c7ccccc7)c7ccc(OCC(CC)CCCC)cc7)cc6)c6ccc(N(c7ccccc7)c7ccc(OCC(CC)CCCC)cc7)cc6)cc5)s4)s3)s2)sc1/C=C(\C#N)C(=O)O. The van der Waals surface area contributed by atoms with Crippen LogP contribution in [-0.4, -0.2) is 24.3 Å². The smallest absolute Gasteiger partial charge is 0.346 e. The van der Waals surface area contributed by atoms with E-state index in [2.05, 4.69) is 275 Å². The summed E-state index contributed by atoms with van der Waals surface area (Å²) in [4.78, 5) is 28.3. The second kappa shape index (κ2) is 37.8. The average Bonchev–Trinajstić information content (AvgIpc) is 1.65. The molecule has 4 aromatic heterocycles. The fourth-order valence-corrected chi connectivity index (χ4v) is 17.8. The Kier molecular flexibility index (Phi) is 27.5. The summed E-state index contributed by atoms with van der Waals surface area (Å²) < 4.78 is 12.8. The minimum atomic E-state index is -1.20. The van der Waals surface area contributed by atoms with Crippen molar-refractivity contribution in [1.29, 1.82) is 5.26 Å². The number of rotatable bonds is 39. The van der Waals surface area contributed by atoms with E-state index in [1.807, 2.05) is 28.7 Å². The number of anilines is 9. The maximum absolute atomic E-state index is 11.9. The van der Waals surface area contributed by atoms with Gasteiger partial charge in [-0.05, 0) is 243 Å². The van der Waals surface area contributed by atoms with Crippen molar-refractivity contribution in [2.45, 2.75) is 157 Å². The van der Waals surface area contributed by atoms with Crippen molar-refractivity contribution in [2.75, 3.05) is 27.9 Å². The van der Waals surface area contributed by atoms with Crippen molar-refractivity contribution in [1.82, 2.24) is 0 Å². The number of aryl methyl sites for hydroxylation is 2. The highest BCUT2D eigenvalue weighted by molar-refractivity contribution is 7.29. The van der Waals surface area contributed by atoms with E-state index in [0.717, 1.165) is 154 Å². The molecule has 12 heteroatoms. The zero-order chi connectivity index (χ0) is 71.0. The molecule has 4 heterocycles. The summed E-state index contributed by atoms with van der Waals surface area (Å²) >= 11 is 7.08. The van der Waals surface area contributed by atoms with Crippen LogP contribution in [0.1, 0.15) is 160 Å². The molecule has 1 N–H and O–H groups in total. The normalized spacial score (nSPS) is 12.1. The highest BCUT2D eigenvalue weighted by atomic mass is 32.1. The molecule has 0 amide bonds. The first kappa shape index (κ1) is 74.2. The maximum Gasteiger partial charge on any atom is 0.346 e. The third-order valence-electron chi connectivity index (χ3n) is 19.2. The minimum absolute atomic E-state index is 0.237. The molecule has 0 radical (unpaired) electrons. The third kappa shape index (κ3) is 19.4. The van der Waals surface area contributed by atoms with Crippen LogP contribution in [-0.2, 0) is 17.6 Å². The van der Waals surface area contributed by atoms with E-state index in [4.69, 9.17) is 9.47 Å². The summed E-state index contributed by atoms with van der Waals surface area (Å²) in [6.45, 7) is 15.0. The van der Waals surface area contributed by atoms with Gasteiger partial charge in [-0.15, -0.1) is 45.3 Å². The lowest BCUT2D eigenvalue weighted by molar-refractivity contribution is -0.132. The van der Waals surface area contributed by atoms with Crippen LogP contribution >= 0.6 is 45.3 Å². The number of ether oxygens (including phenoxy) is 2. The molecule has 11 aromatic rings. The van der Waals surface area contributed by atoms with Gasteiger partial charge in [-0.25, -0.2) is 4.79 Å². The summed E-state index contributed by atoms with van der Waals surface area (Å²) in [6.07, 6.45) is 22.1. The number of thiophene rings is 4. The zero-order valence-electron chi connectivity index (χ0n) is 60.3. The summed E-state index contributed by atoms with van der Waals surface area (Å²) in [7, 11) is 0. The van der Waals surface area contributed by atoms with Gasteiger partial charge in [0.1, 0.15) is 23.1 Å². The summed E-state index contributed by atoms with van der Waals surface area (Å²) in [5.74, 6) is 1.69. The molecular formula is C90H98N4O4S4. The Morgan fingerprint density at radius 2 is 0.765 bits per heavy atom. The van der Waals surface area contributed by atoms with Crippen LogP contribution in [0.15, 0.2) is 224 Å². The van der Waals surface area contributed by atoms with E-state index in [0.29, 0.717) is 11.8 Å². The van der Waals surface area contributed by atoms with Gasteiger partial charge in [-0.1, -0.05) is 167 Å². The number of hydrogen-bond donors (Lipinski definition) is 1. The number of benzene rings is 7. The molecule has 102 heavy (non-hydrogen) atoms. The number of hydrogen-bond acceptors (Lipinski definition) is 11. The van der Waals surface area contributed by atoms with Gasteiger partial charge in [0.2, 0.25) is 0 Å². The average molecular weight is 1430 g/mol. The fourth-order valence-electron chi connectivity index (χ4n) is 13.2. The van der Waals surface area contributed by atoms with Crippen LogP contribution in [0, 0.1) is 23.2 Å². The van der Waals surface area contributed by atoms with Gasteiger partial charge in [0.25, 0.3) is 0 Å². The summed E-state index contributed by atoms with van der Waals surface area (Å²) in [5, 5.41) is 19.4. The topological polar surface area (TPSA) is 89.3 Å². The monoisotopic (exact) mass is 1430 g/mol. The van der Waals surface area contributed by atoms with Gasteiger partial charge in [-0.3, -0.25) is 0 Å². The molecule has 7 aromatic carbocycles. The first-order valence-corrected chi connectivity index (χ1v) is 40.4. The molecule has 0 bridgehead atoms. The predicted octanol–water partition coefficient (Wildman–Crippen LogP) is 28.4. The Hall–Kier alpha value is -8.96. The molecule has 526 valence electrons. The van der Waals surface area contributed by atoms with Gasteiger partial charge < -0.3 is 29.3 Å². The molecule has 11 rings (SSSR count). The fraction of sp³-hybridized carbons (Fsp3) is 0.311. The number of para-hydroxylation sites is 2. The Balaban J connectivity index is 0.918. The Labute approximate surface area is 622 Å². The highest BCUT2D eigenvalue weighted by Crippen LogP contribution is 2.48. The Bertz CT molecular complexity index is 4280. The number of aliphatic carboxylic acids is 1. The van der Waals surface area contributed by atoms with Crippen LogP contribution in [0.4, 0.5) is 51.2 Å². The lowest BCUT2D eigenvalue weighted by Crippen LogP contribution is -2.13. The molecule has 0 aliphatic rings. The molecule has 0 spiro atoms. The van der Waals surface area contributed by atoms with Crippen LogP contribution in [0.25, 0.3) is 45.8 Å². The molecule has 0 saturated carbocycles. The van der Waals surface area contributed by atoms with E-state index in [1.54, 1.807) is 28.7 Å². The van der Waals surface area contributed by atoms with E-state index in [-0.39, 0.29) is 5.57 Å². The number of unbranched alkanes of at least 4 members (excludes halogenated alkanes) is 8. The van der Waals surface area contributed by atoms with Crippen molar-refractivity contribution >= 4 is 109 Å². The molecule has 0 aliphatic carbocycles. The number of carbonyl (C=O) groups is 1. The van der Waals surface area contributed by atoms with E-state index < -0.39 is 5.97 Å². The maximum atomic E-state index is 11.9. The van der Waals surface area contributed by atoms with Gasteiger partial charge in [-0.2, -0.15) is 5.26 Å². The molecule has 0 saturated heterocycles. The number of carboxylic acid groups (broad SMARTS) is 1. The summed E-state index contributed by atoms with van der Waals surface area (Å²) in [5.41, 5.74) is 12.9. The molecule has 0 aliphatic heterocycles. The second-order valence-electron chi connectivity index (χ2n) is 26.6. The standard InChI is InChI=1S/C90H98N4O4S4/c1-7-13-17-21-29-68-59-87(101-86(68)61-70(62-91)90(95)96)84-57-55-82(99-84)83-56-58-85(100-83)88-60-69(30-22-18-14-8-2)89(102-88)67-35-37-73(38-36-67)94(76-43-39-74(40-44-76)92(71-31-23-19-24-32-71)78-47-51-80(52-48-78)97-63-65(11-5)27-15-9-3)77-45-41-75(42-46-77)93(72-33-25-20-26-34-72)79-49-53-81(54-50-79)98-64-66(12-6)28-16-10-4/h19-20,23-26,31-61,65-66H,7-18,21-22,27-30,63-64H2,1-6H3,(H,95,96)/b70-61+. The van der Waals surface area contributed by atoms with Crippen LogP contribution in [0.5, 0.6) is 11.5 Å². The van der Waals surface area contributed by atoms with Gasteiger partial charge in [0, 0.05) is 90.2 Å². The molecule has 8 nitrogen and oxygen atoms in total. The predicted molar refractivity (Wildman–Crippen MR) is 438 cm³/mol. The lowest BCUT2D eigenvalue weighted by Gasteiger charge is -2.29. The van der Waals surface area contributed by atoms with Gasteiger partial charge >= 0.3 is 5.97 Å². The molecular weight excluding hydrogens is 1330 g/mol. The molecule has 0 fully saturated rings. The van der Waals surface area contributed by atoms with Crippen LogP contribution in [0.3, 0.4) is 0 Å². The highest BCUT2D eigenvalue weighted by Gasteiger charge is 2.23. The number of nitriles is 1. The Morgan fingerprint density at radius 3 is 1.15 bits per heavy atom. The Morgan fingerprint density at radius 1 is 0.412 bits per heavy atom.